The van der Waals surface area contributed by atoms with Gasteiger partial charge in [0.05, 0.1) is 14.2 Å². The molecule has 0 aromatic heterocycles. The zero-order valence-corrected chi connectivity index (χ0v) is 13.2. The normalized spacial score (nSPS) is 10.3. The van der Waals surface area contributed by atoms with Gasteiger partial charge in [-0.15, -0.1) is 0 Å². The van der Waals surface area contributed by atoms with Gasteiger partial charge in [0.15, 0.2) is 11.5 Å². The zero-order valence-electron chi connectivity index (χ0n) is 11.7. The zero-order chi connectivity index (χ0) is 14.4. The first-order valence-corrected chi connectivity index (χ1v) is 7.18. The predicted octanol–water partition coefficient (Wildman–Crippen LogP) is 3.76. The summed E-state index contributed by atoms with van der Waals surface area (Å²) in [6.45, 7) is 1.61. The molecule has 2 aromatic rings. The van der Waals surface area contributed by atoms with E-state index >= 15 is 0 Å². The molecule has 1 N–H and O–H groups in total. The fourth-order valence-corrected chi connectivity index (χ4v) is 2.44. The second kappa shape index (κ2) is 7.31. The van der Waals surface area contributed by atoms with Gasteiger partial charge in [-0.3, -0.25) is 0 Å². The molecule has 0 saturated heterocycles. The average molecular weight is 336 g/mol. The van der Waals surface area contributed by atoms with Crippen LogP contribution in [-0.4, -0.2) is 14.2 Å². The van der Waals surface area contributed by atoms with Crippen molar-refractivity contribution in [2.24, 2.45) is 0 Å². The molecule has 20 heavy (non-hydrogen) atoms. The van der Waals surface area contributed by atoms with Gasteiger partial charge in [0, 0.05) is 17.6 Å². The summed E-state index contributed by atoms with van der Waals surface area (Å²) in [4.78, 5) is 0. The van der Waals surface area contributed by atoms with Gasteiger partial charge in [0.25, 0.3) is 0 Å². The molecular weight excluding hydrogens is 318 g/mol. The van der Waals surface area contributed by atoms with Crippen LogP contribution in [0.3, 0.4) is 0 Å². The van der Waals surface area contributed by atoms with Crippen molar-refractivity contribution < 1.29 is 9.47 Å². The summed E-state index contributed by atoms with van der Waals surface area (Å²) in [5.74, 6) is 1.51. The molecule has 0 aliphatic carbocycles. The Hall–Kier alpha value is -1.52. The minimum Gasteiger partial charge on any atom is -0.493 e. The van der Waals surface area contributed by atoms with Crippen LogP contribution in [0.25, 0.3) is 0 Å². The van der Waals surface area contributed by atoms with Crippen LogP contribution in [0, 0.1) is 0 Å². The van der Waals surface area contributed by atoms with Crippen LogP contribution >= 0.6 is 15.9 Å². The highest BCUT2D eigenvalue weighted by Gasteiger charge is 2.04. The van der Waals surface area contributed by atoms with E-state index in [2.05, 4.69) is 33.4 Å². The number of ether oxygens (including phenoxy) is 2. The molecule has 0 unspecified atom stereocenters. The third kappa shape index (κ3) is 3.99. The van der Waals surface area contributed by atoms with Crippen molar-refractivity contribution in [2.75, 3.05) is 14.2 Å². The van der Waals surface area contributed by atoms with Crippen LogP contribution in [0.15, 0.2) is 46.9 Å². The Bertz CT molecular complexity index is 572. The molecule has 0 aliphatic heterocycles. The summed E-state index contributed by atoms with van der Waals surface area (Å²) >= 11 is 3.48. The molecule has 4 heteroatoms. The Morgan fingerprint density at radius 3 is 2.25 bits per heavy atom. The summed E-state index contributed by atoms with van der Waals surface area (Å²) in [5, 5.41) is 3.42. The number of halogens is 1. The number of benzene rings is 2. The van der Waals surface area contributed by atoms with E-state index < -0.39 is 0 Å². The Morgan fingerprint density at radius 1 is 0.900 bits per heavy atom. The van der Waals surface area contributed by atoms with Gasteiger partial charge < -0.3 is 14.8 Å². The quantitative estimate of drug-likeness (QED) is 0.871. The van der Waals surface area contributed by atoms with Crippen LogP contribution in [0.1, 0.15) is 11.1 Å². The van der Waals surface area contributed by atoms with Gasteiger partial charge in [0.2, 0.25) is 0 Å². The second-order valence-electron chi connectivity index (χ2n) is 4.42. The van der Waals surface area contributed by atoms with Gasteiger partial charge in [0.1, 0.15) is 0 Å². The van der Waals surface area contributed by atoms with Crippen LogP contribution in [0.5, 0.6) is 11.5 Å². The number of nitrogens with one attached hydrogen (secondary N) is 1. The molecule has 2 rings (SSSR count). The van der Waals surface area contributed by atoms with Crippen molar-refractivity contribution >= 4 is 15.9 Å². The minimum absolute atomic E-state index is 0.753. The number of hydrogen-bond acceptors (Lipinski definition) is 3. The van der Waals surface area contributed by atoms with E-state index in [9.17, 15) is 0 Å². The summed E-state index contributed by atoms with van der Waals surface area (Å²) in [6, 6.07) is 14.2. The Kier molecular flexibility index (Phi) is 5.44. The number of rotatable bonds is 6. The molecule has 0 amide bonds. The highest BCUT2D eigenvalue weighted by atomic mass is 79.9. The van der Waals surface area contributed by atoms with Crippen LogP contribution in [0.2, 0.25) is 0 Å². The smallest absolute Gasteiger partial charge is 0.161 e. The van der Waals surface area contributed by atoms with Crippen LogP contribution < -0.4 is 14.8 Å². The molecular formula is C16H18BrNO2. The second-order valence-corrected chi connectivity index (χ2v) is 5.34. The van der Waals surface area contributed by atoms with Crippen molar-refractivity contribution in [1.82, 2.24) is 5.32 Å². The third-order valence-electron chi connectivity index (χ3n) is 3.00. The largest absolute Gasteiger partial charge is 0.493 e. The van der Waals surface area contributed by atoms with E-state index in [0.717, 1.165) is 34.6 Å². The Morgan fingerprint density at radius 2 is 1.60 bits per heavy atom. The van der Waals surface area contributed by atoms with Crippen molar-refractivity contribution in [1.29, 1.82) is 0 Å². The molecule has 2 aromatic carbocycles. The van der Waals surface area contributed by atoms with E-state index in [1.165, 1.54) is 5.56 Å². The predicted molar refractivity (Wildman–Crippen MR) is 84.2 cm³/mol. The minimum atomic E-state index is 0.753. The lowest BCUT2D eigenvalue weighted by Gasteiger charge is -2.10. The molecule has 0 saturated carbocycles. The van der Waals surface area contributed by atoms with E-state index in [0.29, 0.717) is 0 Å². The molecule has 0 heterocycles. The molecule has 0 aliphatic rings. The van der Waals surface area contributed by atoms with Crippen molar-refractivity contribution in [3.8, 4) is 11.5 Å². The topological polar surface area (TPSA) is 30.5 Å². The van der Waals surface area contributed by atoms with Gasteiger partial charge in [-0.1, -0.05) is 34.1 Å². The summed E-state index contributed by atoms with van der Waals surface area (Å²) in [7, 11) is 3.29. The standard InChI is InChI=1S/C16H18BrNO2/c1-19-15-7-6-13(9-16(15)20-2)11-18-10-12-4-3-5-14(17)8-12/h3-9,18H,10-11H2,1-2H3. The molecule has 0 spiro atoms. The van der Waals surface area contributed by atoms with Crippen molar-refractivity contribution in [2.45, 2.75) is 13.1 Å². The lowest BCUT2D eigenvalue weighted by molar-refractivity contribution is 0.354. The first-order valence-electron chi connectivity index (χ1n) is 6.39. The molecule has 0 bridgehead atoms. The number of hydrogen-bond donors (Lipinski definition) is 1. The molecule has 3 nitrogen and oxygen atoms in total. The third-order valence-corrected chi connectivity index (χ3v) is 3.49. The first-order chi connectivity index (χ1) is 9.72. The van der Waals surface area contributed by atoms with Gasteiger partial charge >= 0.3 is 0 Å². The van der Waals surface area contributed by atoms with Gasteiger partial charge in [-0.2, -0.15) is 0 Å². The summed E-state index contributed by atoms with van der Waals surface area (Å²) in [6.07, 6.45) is 0. The summed E-state index contributed by atoms with van der Waals surface area (Å²) < 4.78 is 11.6. The summed E-state index contributed by atoms with van der Waals surface area (Å²) in [5.41, 5.74) is 2.41. The SMILES string of the molecule is COc1ccc(CNCc2cccc(Br)c2)cc1OC. The van der Waals surface area contributed by atoms with Crippen molar-refractivity contribution in [3.05, 3.63) is 58.1 Å². The lowest BCUT2D eigenvalue weighted by Crippen LogP contribution is -2.12. The first kappa shape index (κ1) is 14.9. The van der Waals surface area contributed by atoms with Crippen LogP contribution in [-0.2, 0) is 13.1 Å². The van der Waals surface area contributed by atoms with Crippen molar-refractivity contribution in [3.63, 3.8) is 0 Å². The molecule has 0 atom stereocenters. The maximum absolute atomic E-state index is 5.30. The van der Waals surface area contributed by atoms with E-state index in [1.54, 1.807) is 14.2 Å². The monoisotopic (exact) mass is 335 g/mol. The Balaban J connectivity index is 1.94. The van der Waals surface area contributed by atoms with Gasteiger partial charge in [-0.05, 0) is 35.4 Å². The maximum Gasteiger partial charge on any atom is 0.161 e. The maximum atomic E-state index is 5.30. The molecule has 0 fully saturated rings. The van der Waals surface area contributed by atoms with Gasteiger partial charge in [-0.25, -0.2) is 0 Å². The highest BCUT2D eigenvalue weighted by molar-refractivity contribution is 9.10. The Labute approximate surface area is 128 Å². The fourth-order valence-electron chi connectivity index (χ4n) is 1.99. The van der Waals surface area contributed by atoms with E-state index in [1.807, 2.05) is 30.3 Å². The number of methoxy groups -OCH3 is 2. The van der Waals surface area contributed by atoms with E-state index in [4.69, 9.17) is 9.47 Å². The van der Waals surface area contributed by atoms with Crippen LogP contribution in [0.4, 0.5) is 0 Å². The van der Waals surface area contributed by atoms with E-state index in [-0.39, 0.29) is 0 Å². The lowest BCUT2D eigenvalue weighted by atomic mass is 10.2. The average Bonchev–Trinajstić information content (AvgIpc) is 2.47. The molecule has 106 valence electrons. The molecule has 0 radical (unpaired) electrons. The fraction of sp³-hybridized carbons (Fsp3) is 0.250. The highest BCUT2D eigenvalue weighted by Crippen LogP contribution is 2.27.